The van der Waals surface area contributed by atoms with Gasteiger partial charge in [0.05, 0.1) is 18.2 Å². The maximum Gasteiger partial charge on any atom is 0.251 e. The van der Waals surface area contributed by atoms with E-state index >= 15 is 0 Å². The van der Waals surface area contributed by atoms with Crippen molar-refractivity contribution in [2.24, 2.45) is 11.8 Å². The van der Waals surface area contributed by atoms with Crippen LogP contribution in [-0.2, 0) is 11.2 Å². The highest BCUT2D eigenvalue weighted by molar-refractivity contribution is 5.95. The molecule has 6 heteroatoms. The van der Waals surface area contributed by atoms with Crippen molar-refractivity contribution in [1.29, 1.82) is 0 Å². The van der Waals surface area contributed by atoms with Crippen molar-refractivity contribution in [2.45, 2.75) is 37.9 Å². The summed E-state index contributed by atoms with van der Waals surface area (Å²) in [5, 5.41) is 3.20. The summed E-state index contributed by atoms with van der Waals surface area (Å²) < 4.78 is 6.48. The van der Waals surface area contributed by atoms with E-state index in [9.17, 15) is 4.79 Å². The van der Waals surface area contributed by atoms with E-state index in [4.69, 9.17) is 4.74 Å². The predicted molar refractivity (Wildman–Crippen MR) is 106 cm³/mol. The molecular weight excluding hydrogens is 352 g/mol. The number of nitrogens with zero attached hydrogens (tertiary/aromatic N) is 3. The van der Waals surface area contributed by atoms with Crippen LogP contribution in [0.3, 0.4) is 0 Å². The second-order valence-corrected chi connectivity index (χ2v) is 8.18. The minimum atomic E-state index is -0.0966. The molecule has 4 atom stereocenters. The molecule has 2 aromatic rings. The molecule has 4 heterocycles. The van der Waals surface area contributed by atoms with Crippen molar-refractivity contribution < 1.29 is 9.53 Å². The lowest BCUT2D eigenvalue weighted by Gasteiger charge is -2.29. The summed E-state index contributed by atoms with van der Waals surface area (Å²) in [6.07, 6.45) is 6.85. The highest BCUT2D eigenvalue weighted by Gasteiger charge is 2.63. The zero-order chi connectivity index (χ0) is 19.1. The van der Waals surface area contributed by atoms with Crippen molar-refractivity contribution in [3.05, 3.63) is 53.9 Å². The first kappa shape index (κ1) is 17.6. The van der Waals surface area contributed by atoms with Gasteiger partial charge < -0.3 is 15.0 Å². The van der Waals surface area contributed by atoms with Gasteiger partial charge in [-0.2, -0.15) is 0 Å². The summed E-state index contributed by atoms with van der Waals surface area (Å²) in [5.41, 5.74) is 1.78. The number of hydrogen-bond donors (Lipinski definition) is 1. The molecule has 3 saturated heterocycles. The molecule has 0 radical (unpaired) electrons. The monoisotopic (exact) mass is 378 g/mol. The molecule has 146 valence electrons. The number of aryl methyl sites for hydroxylation is 1. The molecular formula is C22H26N4O2. The van der Waals surface area contributed by atoms with Crippen LogP contribution in [0.5, 0.6) is 0 Å². The van der Waals surface area contributed by atoms with Crippen LogP contribution in [-0.4, -0.2) is 47.2 Å². The average molecular weight is 378 g/mol. The second kappa shape index (κ2) is 6.85. The van der Waals surface area contributed by atoms with Crippen LogP contribution < -0.4 is 10.2 Å². The number of amides is 1. The molecule has 1 aromatic carbocycles. The third kappa shape index (κ3) is 2.78. The molecule has 3 fully saturated rings. The Hall–Kier alpha value is -2.47. The molecule has 0 saturated carbocycles. The summed E-state index contributed by atoms with van der Waals surface area (Å²) in [6.45, 7) is 4.49. The van der Waals surface area contributed by atoms with E-state index in [0.29, 0.717) is 18.4 Å². The van der Waals surface area contributed by atoms with Gasteiger partial charge >= 0.3 is 0 Å². The highest BCUT2D eigenvalue weighted by Crippen LogP contribution is 2.54. The van der Waals surface area contributed by atoms with Gasteiger partial charge in [-0.3, -0.25) is 4.79 Å². The van der Waals surface area contributed by atoms with Crippen LogP contribution in [0.1, 0.15) is 35.7 Å². The predicted octanol–water partition coefficient (Wildman–Crippen LogP) is 2.45. The first-order valence-corrected chi connectivity index (χ1v) is 10.3. The Bertz CT molecular complexity index is 874. The number of hydrogen-bond acceptors (Lipinski definition) is 5. The fourth-order valence-electron chi connectivity index (χ4n) is 5.43. The van der Waals surface area contributed by atoms with Crippen molar-refractivity contribution in [3.63, 3.8) is 0 Å². The SMILES string of the molecule is CCc1ccccc1C(=O)NC[C@H]1[C@H]2CN(c3ncccn3)C[C@]23CC[C@H]1O3. The zero-order valence-corrected chi connectivity index (χ0v) is 16.2. The maximum atomic E-state index is 12.8. The van der Waals surface area contributed by atoms with Crippen molar-refractivity contribution in [3.8, 4) is 0 Å². The highest BCUT2D eigenvalue weighted by atomic mass is 16.5. The van der Waals surface area contributed by atoms with Gasteiger partial charge in [-0.15, -0.1) is 0 Å². The molecule has 1 aromatic heterocycles. The average Bonchev–Trinajstić information content (AvgIpc) is 3.41. The lowest BCUT2D eigenvalue weighted by Crippen LogP contribution is -2.42. The van der Waals surface area contributed by atoms with Gasteiger partial charge in [-0.05, 0) is 37.0 Å². The Labute approximate surface area is 165 Å². The third-order valence-corrected chi connectivity index (χ3v) is 6.76. The van der Waals surface area contributed by atoms with Gasteiger partial charge in [0.2, 0.25) is 5.95 Å². The van der Waals surface area contributed by atoms with Gasteiger partial charge in [0.25, 0.3) is 5.91 Å². The van der Waals surface area contributed by atoms with Crippen LogP contribution in [0, 0.1) is 11.8 Å². The fraction of sp³-hybridized carbons (Fsp3) is 0.500. The first-order valence-electron chi connectivity index (χ1n) is 10.3. The molecule has 3 aliphatic rings. The van der Waals surface area contributed by atoms with Crippen molar-refractivity contribution in [2.75, 3.05) is 24.5 Å². The molecule has 0 unspecified atom stereocenters. The van der Waals surface area contributed by atoms with Crippen LogP contribution in [0.2, 0.25) is 0 Å². The molecule has 1 N–H and O–H groups in total. The largest absolute Gasteiger partial charge is 0.369 e. The number of carbonyl (C=O) groups excluding carboxylic acids is 1. The lowest BCUT2D eigenvalue weighted by atomic mass is 9.73. The standard InChI is InChI=1S/C22H26N4O2/c1-2-15-6-3-4-7-16(15)20(27)25-12-17-18-13-26(21-23-10-5-11-24-21)14-22(18)9-8-19(17)28-22/h3-7,10-11,17-19H,2,8-9,12-14H2,1H3,(H,25,27)/t17-,18+,19+,22+/m0/s1. The number of aromatic nitrogens is 2. The van der Waals surface area contributed by atoms with E-state index in [-0.39, 0.29) is 17.6 Å². The molecule has 0 aliphatic carbocycles. The lowest BCUT2D eigenvalue weighted by molar-refractivity contribution is 0.0141. The summed E-state index contributed by atoms with van der Waals surface area (Å²) in [5.74, 6) is 1.56. The Kier molecular flexibility index (Phi) is 4.31. The van der Waals surface area contributed by atoms with Crippen molar-refractivity contribution >= 4 is 11.9 Å². The minimum Gasteiger partial charge on any atom is -0.369 e. The van der Waals surface area contributed by atoms with Crippen LogP contribution in [0.4, 0.5) is 5.95 Å². The van der Waals surface area contributed by atoms with Crippen molar-refractivity contribution in [1.82, 2.24) is 15.3 Å². The quantitative estimate of drug-likeness (QED) is 0.866. The topological polar surface area (TPSA) is 67.4 Å². The van der Waals surface area contributed by atoms with E-state index in [2.05, 4.69) is 27.1 Å². The van der Waals surface area contributed by atoms with Gasteiger partial charge in [0.1, 0.15) is 0 Å². The molecule has 3 aliphatic heterocycles. The first-order chi connectivity index (χ1) is 13.7. The van der Waals surface area contributed by atoms with Gasteiger partial charge in [0, 0.05) is 42.9 Å². The van der Waals surface area contributed by atoms with E-state index < -0.39 is 0 Å². The summed E-state index contributed by atoms with van der Waals surface area (Å²) in [7, 11) is 0. The van der Waals surface area contributed by atoms with E-state index in [1.807, 2.05) is 30.3 Å². The maximum absolute atomic E-state index is 12.8. The molecule has 1 amide bonds. The second-order valence-electron chi connectivity index (χ2n) is 8.18. The summed E-state index contributed by atoms with van der Waals surface area (Å²) in [4.78, 5) is 23.9. The van der Waals surface area contributed by atoms with Crippen LogP contribution in [0.25, 0.3) is 0 Å². The minimum absolute atomic E-state index is 0.0236. The Balaban J connectivity index is 1.30. The third-order valence-electron chi connectivity index (χ3n) is 6.76. The fourth-order valence-corrected chi connectivity index (χ4v) is 5.43. The smallest absolute Gasteiger partial charge is 0.251 e. The van der Waals surface area contributed by atoms with E-state index in [1.54, 1.807) is 12.4 Å². The normalized spacial score (nSPS) is 30.5. The van der Waals surface area contributed by atoms with E-state index in [0.717, 1.165) is 49.4 Å². The van der Waals surface area contributed by atoms with Crippen LogP contribution in [0.15, 0.2) is 42.7 Å². The Morgan fingerprint density at radius 2 is 2.11 bits per heavy atom. The number of benzene rings is 1. The number of anilines is 1. The Morgan fingerprint density at radius 3 is 2.93 bits per heavy atom. The number of rotatable bonds is 5. The Morgan fingerprint density at radius 1 is 1.29 bits per heavy atom. The van der Waals surface area contributed by atoms with E-state index in [1.165, 1.54) is 0 Å². The molecule has 1 spiro atoms. The summed E-state index contributed by atoms with van der Waals surface area (Å²) in [6, 6.07) is 9.70. The molecule has 6 nitrogen and oxygen atoms in total. The van der Waals surface area contributed by atoms with Gasteiger partial charge in [-0.25, -0.2) is 9.97 Å². The molecule has 5 rings (SSSR count). The number of fused-ring (bicyclic) bond motifs is 1. The number of nitrogens with one attached hydrogen (secondary N) is 1. The zero-order valence-electron chi connectivity index (χ0n) is 16.2. The molecule has 28 heavy (non-hydrogen) atoms. The van der Waals surface area contributed by atoms with Gasteiger partial charge in [-0.1, -0.05) is 25.1 Å². The van der Waals surface area contributed by atoms with Crippen LogP contribution >= 0.6 is 0 Å². The van der Waals surface area contributed by atoms with Gasteiger partial charge in [0.15, 0.2) is 0 Å². The summed E-state index contributed by atoms with van der Waals surface area (Å²) >= 11 is 0. The molecule has 2 bridgehead atoms. The number of ether oxygens (including phenoxy) is 1. The number of carbonyl (C=O) groups is 1.